The van der Waals surface area contributed by atoms with Crippen molar-refractivity contribution in [3.05, 3.63) is 251 Å². The van der Waals surface area contributed by atoms with Crippen LogP contribution in [-0.2, 0) is 10.8 Å². The third-order valence-electron chi connectivity index (χ3n) is 11.1. The third-order valence-corrected chi connectivity index (χ3v) is 11.1. The second-order valence-electron chi connectivity index (χ2n) is 13.5. The van der Waals surface area contributed by atoms with E-state index in [0.29, 0.717) is 0 Å². The molecule has 1 heterocycles. The van der Waals surface area contributed by atoms with Gasteiger partial charge in [0.15, 0.2) is 0 Å². The molecule has 1 aliphatic heterocycles. The minimum Gasteiger partial charge on any atom is -0.457 e. The van der Waals surface area contributed by atoms with E-state index in [9.17, 15) is 0 Å². The van der Waals surface area contributed by atoms with E-state index in [1.54, 1.807) is 0 Å². The fourth-order valence-corrected chi connectivity index (χ4v) is 9.12. The fraction of sp³-hybridized carbons (Fsp3) is 0.0400. The van der Waals surface area contributed by atoms with Crippen LogP contribution in [0.2, 0.25) is 0 Å². The summed E-state index contributed by atoms with van der Waals surface area (Å²) in [6, 6.07) is 75.1. The lowest BCUT2D eigenvalue weighted by molar-refractivity contribution is 0.435. The number of benzene rings is 8. The molecule has 2 aliphatic rings. The van der Waals surface area contributed by atoms with Crippen molar-refractivity contribution in [1.82, 2.24) is 0 Å². The van der Waals surface area contributed by atoms with Crippen molar-refractivity contribution in [2.24, 2.45) is 0 Å². The Hall–Kier alpha value is -6.44. The summed E-state index contributed by atoms with van der Waals surface area (Å²) in [5, 5.41) is 0. The van der Waals surface area contributed by atoms with Gasteiger partial charge in [0.25, 0.3) is 0 Å². The number of hydrogen-bond donors (Lipinski definition) is 0. The van der Waals surface area contributed by atoms with Gasteiger partial charge in [-0.05, 0) is 73.8 Å². The summed E-state index contributed by atoms with van der Waals surface area (Å²) >= 11 is 0. The van der Waals surface area contributed by atoms with E-state index < -0.39 is 10.8 Å². The zero-order valence-corrected chi connectivity index (χ0v) is 28.0. The quantitative estimate of drug-likeness (QED) is 0.180. The minimum absolute atomic E-state index is 0.441. The predicted molar refractivity (Wildman–Crippen MR) is 208 cm³/mol. The van der Waals surface area contributed by atoms with E-state index in [1.807, 2.05) is 0 Å². The molecule has 0 unspecified atom stereocenters. The van der Waals surface area contributed by atoms with Gasteiger partial charge in [-0.1, -0.05) is 188 Å². The van der Waals surface area contributed by atoms with Crippen LogP contribution in [0.15, 0.2) is 206 Å². The molecular weight excluding hydrogens is 617 g/mol. The topological polar surface area (TPSA) is 9.23 Å². The minimum atomic E-state index is -0.613. The molecule has 0 radical (unpaired) electrons. The second kappa shape index (κ2) is 11.6. The van der Waals surface area contributed by atoms with Crippen LogP contribution in [0.5, 0.6) is 11.5 Å². The molecule has 1 heteroatoms. The van der Waals surface area contributed by atoms with Gasteiger partial charge >= 0.3 is 0 Å². The fourth-order valence-electron chi connectivity index (χ4n) is 9.12. The van der Waals surface area contributed by atoms with Crippen LogP contribution in [0.4, 0.5) is 0 Å². The Kier molecular flexibility index (Phi) is 6.69. The Morgan fingerprint density at radius 1 is 0.294 bits per heavy atom. The molecule has 0 saturated carbocycles. The van der Waals surface area contributed by atoms with E-state index >= 15 is 0 Å². The summed E-state index contributed by atoms with van der Waals surface area (Å²) in [5.74, 6) is 1.76. The van der Waals surface area contributed by atoms with Gasteiger partial charge in [0.1, 0.15) is 11.5 Å². The summed E-state index contributed by atoms with van der Waals surface area (Å²) < 4.78 is 6.84. The summed E-state index contributed by atoms with van der Waals surface area (Å²) in [4.78, 5) is 0. The molecule has 0 N–H and O–H groups in total. The SMILES string of the molecule is c1ccc(C2(c3ccccc3)c3ccccc3-c3cc(-c4cccc5c4C(c4ccccc4)(c4ccccc4)c4ccccc4O5)ccc32)cc1. The zero-order valence-electron chi connectivity index (χ0n) is 28.0. The molecule has 0 spiro atoms. The van der Waals surface area contributed by atoms with Gasteiger partial charge in [-0.25, -0.2) is 0 Å². The van der Waals surface area contributed by atoms with Crippen LogP contribution in [-0.4, -0.2) is 0 Å². The lowest BCUT2D eigenvalue weighted by atomic mass is 9.62. The largest absolute Gasteiger partial charge is 0.457 e. The maximum absolute atomic E-state index is 6.84. The van der Waals surface area contributed by atoms with Crippen molar-refractivity contribution >= 4 is 0 Å². The van der Waals surface area contributed by atoms with Gasteiger partial charge < -0.3 is 4.74 Å². The Morgan fingerprint density at radius 2 is 0.745 bits per heavy atom. The lowest BCUT2D eigenvalue weighted by Gasteiger charge is -2.42. The first-order valence-electron chi connectivity index (χ1n) is 17.7. The van der Waals surface area contributed by atoms with Gasteiger partial charge in [-0.2, -0.15) is 0 Å². The van der Waals surface area contributed by atoms with Gasteiger partial charge in [-0.15, -0.1) is 0 Å². The maximum Gasteiger partial charge on any atom is 0.132 e. The molecular formula is C50H34O. The summed E-state index contributed by atoms with van der Waals surface area (Å²) in [7, 11) is 0. The molecule has 0 aromatic heterocycles. The molecule has 240 valence electrons. The average molecular weight is 651 g/mol. The van der Waals surface area contributed by atoms with Crippen molar-refractivity contribution in [2.75, 3.05) is 0 Å². The van der Waals surface area contributed by atoms with E-state index in [4.69, 9.17) is 4.74 Å². The van der Waals surface area contributed by atoms with Crippen LogP contribution in [0, 0.1) is 0 Å². The highest BCUT2D eigenvalue weighted by molar-refractivity contribution is 5.90. The first kappa shape index (κ1) is 29.5. The van der Waals surface area contributed by atoms with Crippen molar-refractivity contribution in [1.29, 1.82) is 0 Å². The molecule has 0 bridgehead atoms. The molecule has 0 saturated heterocycles. The predicted octanol–water partition coefficient (Wildman–Crippen LogP) is 12.2. The average Bonchev–Trinajstić information content (AvgIpc) is 3.51. The van der Waals surface area contributed by atoms with E-state index in [2.05, 4.69) is 206 Å². The first-order valence-corrected chi connectivity index (χ1v) is 17.7. The molecule has 0 atom stereocenters. The van der Waals surface area contributed by atoms with Crippen LogP contribution in [0.25, 0.3) is 22.3 Å². The molecule has 1 aliphatic carbocycles. The van der Waals surface area contributed by atoms with E-state index in [-0.39, 0.29) is 0 Å². The van der Waals surface area contributed by atoms with Gasteiger partial charge in [0, 0.05) is 11.1 Å². The summed E-state index contributed by atoms with van der Waals surface area (Å²) in [6.07, 6.45) is 0. The Bertz CT molecular complexity index is 2460. The molecule has 51 heavy (non-hydrogen) atoms. The van der Waals surface area contributed by atoms with E-state index in [1.165, 1.54) is 44.5 Å². The summed E-state index contributed by atoms with van der Waals surface area (Å²) in [5.41, 5.74) is 13.7. The van der Waals surface area contributed by atoms with Crippen LogP contribution >= 0.6 is 0 Å². The molecule has 1 nitrogen and oxygen atoms in total. The number of rotatable bonds is 5. The van der Waals surface area contributed by atoms with Crippen molar-refractivity contribution in [3.63, 3.8) is 0 Å². The van der Waals surface area contributed by atoms with Gasteiger partial charge in [0.2, 0.25) is 0 Å². The smallest absolute Gasteiger partial charge is 0.132 e. The Labute approximate surface area is 299 Å². The highest BCUT2D eigenvalue weighted by atomic mass is 16.5. The number of fused-ring (bicyclic) bond motifs is 5. The van der Waals surface area contributed by atoms with E-state index in [0.717, 1.165) is 33.8 Å². The van der Waals surface area contributed by atoms with Gasteiger partial charge in [0.05, 0.1) is 10.8 Å². The molecule has 8 aromatic carbocycles. The molecule has 0 amide bonds. The monoisotopic (exact) mass is 650 g/mol. The summed E-state index contributed by atoms with van der Waals surface area (Å²) in [6.45, 7) is 0. The van der Waals surface area contributed by atoms with Crippen LogP contribution < -0.4 is 4.74 Å². The molecule has 8 aromatic rings. The van der Waals surface area contributed by atoms with Crippen LogP contribution in [0.1, 0.15) is 44.5 Å². The standard InChI is InChI=1S/C50H34O/c1-5-18-36(19-6-1)49(37-20-7-2-8-21-37)43-28-14-13-26-41(43)42-34-35(32-33-44(42)49)40-27-17-31-47-48(40)50(38-22-9-3-10-23-38,39-24-11-4-12-25-39)45-29-15-16-30-46(45)51-47/h1-34H. The third kappa shape index (κ3) is 4.16. The highest BCUT2D eigenvalue weighted by Crippen LogP contribution is 2.60. The lowest BCUT2D eigenvalue weighted by Crippen LogP contribution is -2.34. The first-order chi connectivity index (χ1) is 25.3. The zero-order chi connectivity index (χ0) is 33.8. The number of hydrogen-bond acceptors (Lipinski definition) is 1. The second-order valence-corrected chi connectivity index (χ2v) is 13.5. The van der Waals surface area contributed by atoms with Crippen molar-refractivity contribution in [2.45, 2.75) is 10.8 Å². The normalized spacial score (nSPS) is 14.4. The number of para-hydroxylation sites is 1. The highest BCUT2D eigenvalue weighted by Gasteiger charge is 2.48. The van der Waals surface area contributed by atoms with Gasteiger partial charge in [-0.3, -0.25) is 0 Å². The van der Waals surface area contributed by atoms with Crippen molar-refractivity contribution in [3.8, 4) is 33.8 Å². The van der Waals surface area contributed by atoms with Crippen molar-refractivity contribution < 1.29 is 4.74 Å². The van der Waals surface area contributed by atoms with Crippen LogP contribution in [0.3, 0.4) is 0 Å². The number of ether oxygens (including phenoxy) is 1. The maximum atomic E-state index is 6.84. The molecule has 10 rings (SSSR count). The molecule has 0 fully saturated rings. The Morgan fingerprint density at radius 3 is 1.35 bits per heavy atom. The Balaban J connectivity index is 1.28.